The fourth-order valence-corrected chi connectivity index (χ4v) is 4.93. The zero-order chi connectivity index (χ0) is 38.3. The van der Waals surface area contributed by atoms with Gasteiger partial charge in [0.2, 0.25) is 0 Å². The minimum absolute atomic E-state index is 0.0386. The molecule has 0 spiro atoms. The molecule has 0 aliphatic rings. The van der Waals surface area contributed by atoms with Crippen LogP contribution in [0.5, 0.6) is 0 Å². The van der Waals surface area contributed by atoms with E-state index >= 15 is 0 Å². The second-order valence-corrected chi connectivity index (χ2v) is 12.7. The van der Waals surface area contributed by atoms with Gasteiger partial charge in [-0.1, -0.05) is 90.7 Å². The molecule has 0 aromatic heterocycles. The average molecular weight is 743 g/mol. The number of alkyl carbamates (subject to hydrolysis) is 4. The van der Waals surface area contributed by atoms with Gasteiger partial charge >= 0.3 is 30.3 Å². The highest BCUT2D eigenvalue weighted by atomic mass is 16.6. The molecule has 1 atom stereocenters. The average Bonchev–Trinajstić information content (AvgIpc) is 3.13. The molecule has 302 valence electrons. The van der Waals surface area contributed by atoms with Crippen molar-refractivity contribution in [2.45, 2.75) is 148 Å². The Morgan fingerprint density at radius 3 is 1.29 bits per heavy atom. The lowest BCUT2D eigenvalue weighted by Crippen LogP contribution is -2.42. The molecule has 0 rings (SSSR count). The van der Waals surface area contributed by atoms with Crippen LogP contribution in [0.4, 0.5) is 19.2 Å². The van der Waals surface area contributed by atoms with Crippen molar-refractivity contribution < 1.29 is 47.7 Å². The molecule has 0 saturated heterocycles. The van der Waals surface area contributed by atoms with E-state index in [2.05, 4.69) is 41.7 Å². The van der Waals surface area contributed by atoms with Gasteiger partial charge in [-0.15, -0.1) is 0 Å². The Morgan fingerprint density at radius 2 is 0.846 bits per heavy atom. The summed E-state index contributed by atoms with van der Waals surface area (Å²) in [7, 11) is 0. The first-order valence-corrected chi connectivity index (χ1v) is 19.8. The summed E-state index contributed by atoms with van der Waals surface area (Å²) in [4.78, 5) is 60.1. The lowest BCUT2D eigenvalue weighted by molar-refractivity contribution is -0.145. The number of amides is 4. The first kappa shape index (κ1) is 48.3. The highest BCUT2D eigenvalue weighted by molar-refractivity contribution is 5.81. The van der Waals surface area contributed by atoms with Gasteiger partial charge in [0.25, 0.3) is 0 Å². The Hall–Kier alpha value is -3.71. The van der Waals surface area contributed by atoms with Gasteiger partial charge in [-0.2, -0.15) is 0 Å². The van der Waals surface area contributed by atoms with Gasteiger partial charge in [0, 0.05) is 19.6 Å². The van der Waals surface area contributed by atoms with E-state index in [1.165, 1.54) is 51.0 Å². The van der Waals surface area contributed by atoms with Crippen molar-refractivity contribution in [3.8, 4) is 0 Å². The van der Waals surface area contributed by atoms with Gasteiger partial charge < -0.3 is 45.0 Å². The molecule has 4 N–H and O–H groups in total. The molecule has 14 nitrogen and oxygen atoms in total. The molecule has 0 aromatic rings. The normalized spacial score (nSPS) is 11.1. The van der Waals surface area contributed by atoms with E-state index in [0.29, 0.717) is 65.0 Å². The maximum Gasteiger partial charge on any atom is 0.407 e. The number of esters is 1. The van der Waals surface area contributed by atoms with Crippen LogP contribution >= 0.6 is 0 Å². The van der Waals surface area contributed by atoms with Gasteiger partial charge in [0.1, 0.15) is 12.6 Å². The standard InChI is InChI=1S/C38H70N4O10/c1-4-7-9-11-13-20-29-49-35(44)39-25-17-15-18-26-40-36(45)50-31-22-23-32-51-37(46)41-27-19-16-24-33(34(43)48-28-6-3)42-38(47)52-30-21-14-12-10-8-5-2/h6,33H,3-5,7-32H2,1-2H3,(H,39,44)(H,40,45)(H,41,46)(H,42,47). The van der Waals surface area contributed by atoms with E-state index in [9.17, 15) is 24.0 Å². The Balaban J connectivity index is 3.82. The summed E-state index contributed by atoms with van der Waals surface area (Å²) in [5.74, 6) is -0.566. The molecule has 1 unspecified atom stereocenters. The Bertz CT molecular complexity index is 937. The van der Waals surface area contributed by atoms with Crippen molar-refractivity contribution in [1.82, 2.24) is 21.3 Å². The van der Waals surface area contributed by atoms with Crippen LogP contribution in [-0.4, -0.2) is 89.1 Å². The molecule has 0 bridgehead atoms. The summed E-state index contributed by atoms with van der Waals surface area (Å²) in [5.41, 5.74) is 0. The van der Waals surface area contributed by atoms with Crippen molar-refractivity contribution in [1.29, 1.82) is 0 Å². The number of hydrogen-bond acceptors (Lipinski definition) is 10. The van der Waals surface area contributed by atoms with Gasteiger partial charge in [-0.25, -0.2) is 24.0 Å². The van der Waals surface area contributed by atoms with Gasteiger partial charge in [0.15, 0.2) is 0 Å². The van der Waals surface area contributed by atoms with Crippen LogP contribution in [0.15, 0.2) is 12.7 Å². The SMILES string of the molecule is C=CCOC(=O)C(CCCCNC(=O)OCCCCOC(=O)NCCCCCNC(=O)OCCCCCCCC)NC(=O)OCCCCCCCC. The third-order valence-electron chi connectivity index (χ3n) is 7.97. The molecular formula is C38H70N4O10. The van der Waals surface area contributed by atoms with E-state index in [1.54, 1.807) is 0 Å². The monoisotopic (exact) mass is 743 g/mol. The molecule has 0 radical (unpaired) electrons. The van der Waals surface area contributed by atoms with Crippen molar-refractivity contribution in [2.75, 3.05) is 52.7 Å². The van der Waals surface area contributed by atoms with Gasteiger partial charge in [-0.3, -0.25) is 0 Å². The minimum Gasteiger partial charge on any atom is -0.460 e. The molecule has 0 fully saturated rings. The summed E-state index contributed by atoms with van der Waals surface area (Å²) in [6, 6.07) is -0.862. The number of carbonyl (C=O) groups excluding carboxylic acids is 5. The minimum atomic E-state index is -0.862. The van der Waals surface area contributed by atoms with Gasteiger partial charge in [0.05, 0.1) is 26.4 Å². The zero-order valence-electron chi connectivity index (χ0n) is 32.2. The molecular weight excluding hydrogens is 672 g/mol. The molecule has 4 amide bonds. The first-order valence-electron chi connectivity index (χ1n) is 19.8. The van der Waals surface area contributed by atoms with E-state index in [4.69, 9.17) is 23.7 Å². The third kappa shape index (κ3) is 33.4. The lowest BCUT2D eigenvalue weighted by Gasteiger charge is -2.17. The highest BCUT2D eigenvalue weighted by Gasteiger charge is 2.22. The van der Waals surface area contributed by atoms with Crippen LogP contribution in [0.25, 0.3) is 0 Å². The molecule has 14 heteroatoms. The Labute approximate surface area is 312 Å². The second kappa shape index (κ2) is 37.1. The van der Waals surface area contributed by atoms with Crippen molar-refractivity contribution in [2.24, 2.45) is 0 Å². The molecule has 0 aliphatic carbocycles. The molecule has 52 heavy (non-hydrogen) atoms. The molecule has 0 aliphatic heterocycles. The van der Waals surface area contributed by atoms with Crippen molar-refractivity contribution in [3.05, 3.63) is 12.7 Å². The maximum atomic E-state index is 12.4. The quantitative estimate of drug-likeness (QED) is 0.0220. The lowest BCUT2D eigenvalue weighted by atomic mass is 10.1. The van der Waals surface area contributed by atoms with Crippen LogP contribution in [0.3, 0.4) is 0 Å². The molecule has 0 aromatic carbocycles. The fourth-order valence-electron chi connectivity index (χ4n) is 4.93. The van der Waals surface area contributed by atoms with Crippen molar-refractivity contribution >= 4 is 30.3 Å². The predicted octanol–water partition coefficient (Wildman–Crippen LogP) is 7.83. The summed E-state index contributed by atoms with van der Waals surface area (Å²) in [6.07, 6.45) is 17.6. The van der Waals surface area contributed by atoms with E-state index in [0.717, 1.165) is 51.4 Å². The Kier molecular flexibility index (Phi) is 34.4. The number of carbonyl (C=O) groups is 5. The maximum absolute atomic E-state index is 12.4. The van der Waals surface area contributed by atoms with E-state index in [1.807, 2.05) is 0 Å². The largest absolute Gasteiger partial charge is 0.460 e. The number of ether oxygens (including phenoxy) is 5. The van der Waals surface area contributed by atoms with Crippen molar-refractivity contribution in [3.63, 3.8) is 0 Å². The second-order valence-electron chi connectivity index (χ2n) is 12.7. The Morgan fingerprint density at radius 1 is 0.481 bits per heavy atom. The smallest absolute Gasteiger partial charge is 0.407 e. The summed E-state index contributed by atoms with van der Waals surface area (Å²) in [6.45, 7) is 10.4. The van der Waals surface area contributed by atoms with Crippen LogP contribution in [0.1, 0.15) is 142 Å². The topological polar surface area (TPSA) is 180 Å². The van der Waals surface area contributed by atoms with E-state index in [-0.39, 0.29) is 25.9 Å². The van der Waals surface area contributed by atoms with Crippen LogP contribution in [-0.2, 0) is 28.5 Å². The molecule has 0 saturated carbocycles. The van der Waals surface area contributed by atoms with Crippen LogP contribution in [0.2, 0.25) is 0 Å². The molecule has 0 heterocycles. The summed E-state index contributed by atoms with van der Waals surface area (Å²) < 4.78 is 25.8. The summed E-state index contributed by atoms with van der Waals surface area (Å²) >= 11 is 0. The first-order chi connectivity index (χ1) is 25.3. The number of hydrogen-bond donors (Lipinski definition) is 4. The number of rotatable bonds is 34. The highest BCUT2D eigenvalue weighted by Crippen LogP contribution is 2.07. The van der Waals surface area contributed by atoms with Gasteiger partial charge in [-0.05, 0) is 64.2 Å². The number of unbranched alkanes of at least 4 members (excludes halogenated alkanes) is 14. The van der Waals surface area contributed by atoms with E-state index < -0.39 is 30.3 Å². The van der Waals surface area contributed by atoms with Crippen LogP contribution in [0, 0.1) is 0 Å². The fraction of sp³-hybridized carbons (Fsp3) is 0.816. The predicted molar refractivity (Wildman–Crippen MR) is 201 cm³/mol. The third-order valence-corrected chi connectivity index (χ3v) is 7.97. The summed E-state index contributed by atoms with van der Waals surface area (Å²) in [5, 5.41) is 10.7. The van der Waals surface area contributed by atoms with Crippen LogP contribution < -0.4 is 21.3 Å². The zero-order valence-corrected chi connectivity index (χ0v) is 32.2. The number of nitrogens with one attached hydrogen (secondary N) is 4.